The SMILES string of the molecule is O=C(CN1CCC[C@](O)(COc2ccccc2F)CC1)NCc1ccccc1. The minimum atomic E-state index is -1.02. The average Bonchev–Trinajstić information content (AvgIpc) is 2.88. The van der Waals surface area contributed by atoms with E-state index < -0.39 is 11.4 Å². The highest BCUT2D eigenvalue weighted by Gasteiger charge is 2.31. The first kappa shape index (κ1) is 20.3. The summed E-state index contributed by atoms with van der Waals surface area (Å²) in [4.78, 5) is 14.3. The van der Waals surface area contributed by atoms with Crippen molar-refractivity contribution in [3.8, 4) is 5.75 Å². The van der Waals surface area contributed by atoms with Crippen LogP contribution in [-0.2, 0) is 11.3 Å². The molecule has 2 N–H and O–H groups in total. The Kier molecular flexibility index (Phi) is 7.01. The molecule has 1 amide bonds. The lowest BCUT2D eigenvalue weighted by Gasteiger charge is -2.27. The maximum absolute atomic E-state index is 13.7. The summed E-state index contributed by atoms with van der Waals surface area (Å²) in [6.45, 7) is 2.18. The number of ether oxygens (including phenoxy) is 1. The van der Waals surface area contributed by atoms with E-state index in [1.165, 1.54) is 6.07 Å². The number of hydrogen-bond donors (Lipinski definition) is 2. The van der Waals surface area contributed by atoms with Crippen LogP contribution in [0.15, 0.2) is 54.6 Å². The highest BCUT2D eigenvalue weighted by Crippen LogP contribution is 2.25. The van der Waals surface area contributed by atoms with Crippen LogP contribution in [0, 0.1) is 5.82 Å². The molecule has 28 heavy (non-hydrogen) atoms. The predicted octanol–water partition coefficient (Wildman–Crippen LogP) is 2.74. The largest absolute Gasteiger partial charge is 0.488 e. The highest BCUT2D eigenvalue weighted by atomic mass is 19.1. The second-order valence-corrected chi connectivity index (χ2v) is 7.34. The molecule has 1 aliphatic rings. The van der Waals surface area contributed by atoms with Gasteiger partial charge in [-0.2, -0.15) is 0 Å². The number of nitrogens with zero attached hydrogens (tertiary/aromatic N) is 1. The van der Waals surface area contributed by atoms with Crippen molar-refractivity contribution < 1.29 is 19.0 Å². The monoisotopic (exact) mass is 386 g/mol. The number of benzene rings is 2. The lowest BCUT2D eigenvalue weighted by molar-refractivity contribution is -0.122. The molecule has 2 aromatic rings. The molecule has 0 aromatic heterocycles. The van der Waals surface area contributed by atoms with Gasteiger partial charge in [-0.05, 0) is 43.5 Å². The third kappa shape index (κ3) is 6.04. The summed E-state index contributed by atoms with van der Waals surface area (Å²) in [7, 11) is 0. The molecule has 150 valence electrons. The van der Waals surface area contributed by atoms with Crippen LogP contribution in [0.4, 0.5) is 4.39 Å². The van der Waals surface area contributed by atoms with Crippen molar-refractivity contribution in [2.45, 2.75) is 31.4 Å². The van der Waals surface area contributed by atoms with E-state index in [4.69, 9.17) is 4.74 Å². The zero-order valence-electron chi connectivity index (χ0n) is 15.9. The number of hydrogen-bond acceptors (Lipinski definition) is 4. The van der Waals surface area contributed by atoms with Gasteiger partial charge in [-0.3, -0.25) is 9.69 Å². The molecule has 2 aromatic carbocycles. The van der Waals surface area contributed by atoms with Crippen LogP contribution >= 0.6 is 0 Å². The minimum absolute atomic E-state index is 0.0306. The van der Waals surface area contributed by atoms with Crippen molar-refractivity contribution in [2.24, 2.45) is 0 Å². The van der Waals surface area contributed by atoms with Gasteiger partial charge < -0.3 is 15.2 Å². The van der Waals surface area contributed by atoms with E-state index in [9.17, 15) is 14.3 Å². The van der Waals surface area contributed by atoms with Crippen molar-refractivity contribution in [1.29, 1.82) is 0 Å². The number of halogens is 1. The number of aliphatic hydroxyl groups is 1. The summed E-state index contributed by atoms with van der Waals surface area (Å²) in [6.07, 6.45) is 1.79. The van der Waals surface area contributed by atoms with Gasteiger partial charge >= 0.3 is 0 Å². The van der Waals surface area contributed by atoms with Gasteiger partial charge in [0, 0.05) is 13.1 Å². The Hall–Kier alpha value is -2.44. The molecular formula is C22H27FN2O3. The molecule has 0 unspecified atom stereocenters. The van der Waals surface area contributed by atoms with E-state index >= 15 is 0 Å². The number of likely N-dealkylation sites (tertiary alicyclic amines) is 1. The molecule has 0 saturated carbocycles. The number of amides is 1. The van der Waals surface area contributed by atoms with E-state index in [1.54, 1.807) is 18.2 Å². The number of para-hydroxylation sites is 1. The Labute approximate surface area is 165 Å². The average molecular weight is 386 g/mol. The van der Waals surface area contributed by atoms with E-state index in [0.717, 1.165) is 18.5 Å². The summed E-state index contributed by atoms with van der Waals surface area (Å²) in [5, 5.41) is 13.8. The molecule has 6 heteroatoms. The molecule has 1 fully saturated rings. The fraction of sp³-hybridized carbons (Fsp3) is 0.409. The lowest BCUT2D eigenvalue weighted by Crippen LogP contribution is -2.40. The van der Waals surface area contributed by atoms with Crippen LogP contribution < -0.4 is 10.1 Å². The number of carbonyl (C=O) groups is 1. The van der Waals surface area contributed by atoms with Gasteiger partial charge in [0.2, 0.25) is 5.91 Å². The van der Waals surface area contributed by atoms with Crippen LogP contribution in [0.5, 0.6) is 5.75 Å². The van der Waals surface area contributed by atoms with Gasteiger partial charge in [0.05, 0.1) is 12.1 Å². The topological polar surface area (TPSA) is 61.8 Å². The summed E-state index contributed by atoms with van der Waals surface area (Å²) >= 11 is 0. The Morgan fingerprint density at radius 3 is 2.64 bits per heavy atom. The lowest BCUT2D eigenvalue weighted by atomic mass is 9.96. The maximum atomic E-state index is 13.7. The number of nitrogens with one attached hydrogen (secondary N) is 1. The van der Waals surface area contributed by atoms with Crippen LogP contribution in [0.2, 0.25) is 0 Å². The Balaban J connectivity index is 1.44. The maximum Gasteiger partial charge on any atom is 0.234 e. The first-order valence-corrected chi connectivity index (χ1v) is 9.67. The van der Waals surface area contributed by atoms with Gasteiger partial charge in [-0.15, -0.1) is 0 Å². The van der Waals surface area contributed by atoms with Gasteiger partial charge in [0.25, 0.3) is 0 Å². The standard InChI is InChI=1S/C22H27FN2O3/c23-19-9-4-5-10-20(19)28-17-22(27)11-6-13-25(14-12-22)16-21(26)24-15-18-7-2-1-3-8-18/h1-5,7-10,27H,6,11-17H2,(H,24,26)/t22-/m1/s1. The second-order valence-electron chi connectivity index (χ2n) is 7.34. The molecule has 0 bridgehead atoms. The Morgan fingerprint density at radius 1 is 1.11 bits per heavy atom. The van der Waals surface area contributed by atoms with Gasteiger partial charge in [-0.25, -0.2) is 4.39 Å². The zero-order chi connectivity index (χ0) is 19.8. The first-order chi connectivity index (χ1) is 13.5. The van der Waals surface area contributed by atoms with Gasteiger partial charge in [0.15, 0.2) is 11.6 Å². The summed E-state index contributed by atoms with van der Waals surface area (Å²) in [6, 6.07) is 16.0. The molecule has 0 radical (unpaired) electrons. The molecule has 1 heterocycles. The third-order valence-electron chi connectivity index (χ3n) is 5.04. The molecule has 0 spiro atoms. The molecule has 1 aliphatic heterocycles. The number of carbonyl (C=O) groups excluding carboxylic acids is 1. The quantitative estimate of drug-likeness (QED) is 0.768. The molecular weight excluding hydrogens is 359 g/mol. The fourth-order valence-electron chi connectivity index (χ4n) is 3.37. The zero-order valence-corrected chi connectivity index (χ0v) is 15.9. The van der Waals surface area contributed by atoms with E-state index in [2.05, 4.69) is 5.32 Å². The van der Waals surface area contributed by atoms with Crippen LogP contribution in [0.25, 0.3) is 0 Å². The summed E-state index contributed by atoms with van der Waals surface area (Å²) in [5.41, 5.74) is 0.0451. The van der Waals surface area contributed by atoms with Gasteiger partial charge in [-0.1, -0.05) is 42.5 Å². The van der Waals surface area contributed by atoms with Crippen molar-refractivity contribution >= 4 is 5.91 Å². The third-order valence-corrected chi connectivity index (χ3v) is 5.04. The second kappa shape index (κ2) is 9.66. The molecule has 0 aliphatic carbocycles. The van der Waals surface area contributed by atoms with E-state index in [-0.39, 0.29) is 18.3 Å². The molecule has 5 nitrogen and oxygen atoms in total. The molecule has 3 rings (SSSR count). The first-order valence-electron chi connectivity index (χ1n) is 9.67. The Morgan fingerprint density at radius 2 is 1.86 bits per heavy atom. The normalized spacial score (nSPS) is 20.4. The van der Waals surface area contributed by atoms with Crippen molar-refractivity contribution in [3.05, 3.63) is 66.0 Å². The molecule has 1 saturated heterocycles. The van der Waals surface area contributed by atoms with Gasteiger partial charge in [0.1, 0.15) is 6.61 Å². The number of rotatable bonds is 7. The van der Waals surface area contributed by atoms with Crippen LogP contribution in [0.1, 0.15) is 24.8 Å². The fourth-order valence-corrected chi connectivity index (χ4v) is 3.37. The van der Waals surface area contributed by atoms with E-state index in [0.29, 0.717) is 32.5 Å². The molecule has 1 atom stereocenters. The summed E-state index contributed by atoms with van der Waals surface area (Å²) in [5.74, 6) is -0.314. The van der Waals surface area contributed by atoms with Crippen LogP contribution in [0.3, 0.4) is 0 Å². The smallest absolute Gasteiger partial charge is 0.234 e. The van der Waals surface area contributed by atoms with Crippen molar-refractivity contribution in [1.82, 2.24) is 10.2 Å². The minimum Gasteiger partial charge on any atom is -0.488 e. The highest BCUT2D eigenvalue weighted by molar-refractivity contribution is 5.78. The van der Waals surface area contributed by atoms with Crippen LogP contribution in [-0.4, -0.2) is 47.8 Å². The predicted molar refractivity (Wildman–Crippen MR) is 105 cm³/mol. The van der Waals surface area contributed by atoms with Crippen molar-refractivity contribution in [2.75, 3.05) is 26.2 Å². The summed E-state index contributed by atoms with van der Waals surface area (Å²) < 4.78 is 19.2. The van der Waals surface area contributed by atoms with E-state index in [1.807, 2.05) is 35.2 Å². The van der Waals surface area contributed by atoms with Crippen molar-refractivity contribution in [3.63, 3.8) is 0 Å². The Bertz CT molecular complexity index is 771.